The third kappa shape index (κ3) is 3.93. The van der Waals surface area contributed by atoms with Crippen LogP contribution in [-0.2, 0) is 11.3 Å². The molecular weight excluding hydrogens is 354 g/mol. The van der Waals surface area contributed by atoms with Gasteiger partial charge in [-0.3, -0.25) is 4.79 Å². The molecule has 0 aliphatic rings. The monoisotopic (exact) mass is 371 g/mol. The average Bonchev–Trinajstić information content (AvgIpc) is 2.90. The zero-order chi connectivity index (χ0) is 15.4. The molecule has 2 heterocycles. The molecule has 0 aliphatic carbocycles. The molecule has 0 aromatic carbocycles. The molecule has 1 atom stereocenters. The quantitative estimate of drug-likeness (QED) is 0.846. The summed E-state index contributed by atoms with van der Waals surface area (Å²) in [5.74, 6) is 0. The van der Waals surface area contributed by atoms with Gasteiger partial charge >= 0.3 is 0 Å². The summed E-state index contributed by atoms with van der Waals surface area (Å²) in [7, 11) is 1.60. The minimum Gasteiger partial charge on any atom is -0.383 e. The zero-order valence-corrected chi connectivity index (χ0v) is 14.6. The Labute approximate surface area is 136 Å². The molecule has 0 fully saturated rings. The fourth-order valence-electron chi connectivity index (χ4n) is 1.89. The van der Waals surface area contributed by atoms with Crippen molar-refractivity contribution in [3.8, 4) is 0 Å². The van der Waals surface area contributed by atoms with E-state index < -0.39 is 0 Å². The highest BCUT2D eigenvalue weighted by atomic mass is 79.9. The highest BCUT2D eigenvalue weighted by Crippen LogP contribution is 2.27. The third-order valence-electron chi connectivity index (χ3n) is 3.05. The van der Waals surface area contributed by atoms with E-state index in [-0.39, 0.29) is 11.6 Å². The predicted molar refractivity (Wildman–Crippen MR) is 89.2 cm³/mol. The minimum absolute atomic E-state index is 0.121. The first-order chi connectivity index (χ1) is 10.0. The lowest BCUT2D eigenvalue weighted by Crippen LogP contribution is -2.26. The number of halogens is 1. The Morgan fingerprint density at radius 3 is 2.90 bits per heavy atom. The molecule has 7 heteroatoms. The Morgan fingerprint density at radius 2 is 2.29 bits per heavy atom. The maximum Gasteiger partial charge on any atom is 0.283 e. The van der Waals surface area contributed by atoms with Gasteiger partial charge in [-0.15, -0.1) is 11.3 Å². The van der Waals surface area contributed by atoms with Crippen LogP contribution in [0.5, 0.6) is 0 Å². The van der Waals surface area contributed by atoms with E-state index in [1.165, 1.54) is 14.4 Å². The number of nitrogens with one attached hydrogen (secondary N) is 1. The zero-order valence-electron chi connectivity index (χ0n) is 12.2. The lowest BCUT2D eigenvalue weighted by molar-refractivity contribution is 0.181. The van der Waals surface area contributed by atoms with Gasteiger partial charge in [0.05, 0.1) is 31.1 Å². The molecule has 0 radical (unpaired) electrons. The van der Waals surface area contributed by atoms with E-state index >= 15 is 0 Å². The lowest BCUT2D eigenvalue weighted by atomic mass is 10.2. The van der Waals surface area contributed by atoms with Crippen LogP contribution in [0, 0.1) is 6.92 Å². The Hall–Kier alpha value is -1.18. The van der Waals surface area contributed by atoms with Crippen molar-refractivity contribution < 1.29 is 4.74 Å². The number of anilines is 1. The minimum atomic E-state index is -0.161. The van der Waals surface area contributed by atoms with Crippen molar-refractivity contribution in [3.05, 3.63) is 42.9 Å². The highest BCUT2D eigenvalue weighted by molar-refractivity contribution is 9.10. The number of ether oxygens (including phenoxy) is 1. The first kappa shape index (κ1) is 16.2. The summed E-state index contributed by atoms with van der Waals surface area (Å²) in [5, 5.41) is 7.48. The molecule has 1 N–H and O–H groups in total. The molecule has 0 amide bonds. The van der Waals surface area contributed by atoms with E-state index in [0.717, 1.165) is 0 Å². The maximum absolute atomic E-state index is 12.2. The Kier molecular flexibility index (Phi) is 5.55. The van der Waals surface area contributed by atoms with Crippen LogP contribution in [-0.4, -0.2) is 23.5 Å². The van der Waals surface area contributed by atoms with E-state index in [2.05, 4.69) is 52.3 Å². The van der Waals surface area contributed by atoms with Gasteiger partial charge in [0.25, 0.3) is 5.56 Å². The van der Waals surface area contributed by atoms with E-state index in [0.29, 0.717) is 23.3 Å². The Morgan fingerprint density at radius 1 is 1.52 bits per heavy atom. The second kappa shape index (κ2) is 7.20. The molecule has 0 bridgehead atoms. The number of aromatic nitrogens is 2. The number of hydrogen-bond donors (Lipinski definition) is 1. The fraction of sp³-hybridized carbons (Fsp3) is 0.429. The smallest absolute Gasteiger partial charge is 0.283 e. The average molecular weight is 372 g/mol. The molecule has 0 saturated heterocycles. The normalized spacial score (nSPS) is 12.4. The van der Waals surface area contributed by atoms with Crippen LogP contribution in [0.1, 0.15) is 22.7 Å². The van der Waals surface area contributed by atoms with Crippen LogP contribution < -0.4 is 10.9 Å². The van der Waals surface area contributed by atoms with Gasteiger partial charge in [0.1, 0.15) is 4.47 Å². The van der Waals surface area contributed by atoms with Gasteiger partial charge in [0, 0.05) is 16.9 Å². The number of rotatable bonds is 6. The van der Waals surface area contributed by atoms with Gasteiger partial charge < -0.3 is 10.1 Å². The lowest BCUT2D eigenvalue weighted by Gasteiger charge is -2.15. The second-order valence-corrected chi connectivity index (χ2v) is 6.82. The summed E-state index contributed by atoms with van der Waals surface area (Å²) < 4.78 is 6.85. The predicted octanol–water partition coefficient (Wildman–Crippen LogP) is 3.20. The van der Waals surface area contributed by atoms with E-state index in [4.69, 9.17) is 4.74 Å². The summed E-state index contributed by atoms with van der Waals surface area (Å²) >= 11 is 5.10. The molecule has 0 spiro atoms. The molecule has 2 rings (SSSR count). The summed E-state index contributed by atoms with van der Waals surface area (Å²) in [6.07, 6.45) is 1.66. The second-order valence-electron chi connectivity index (χ2n) is 4.71. The maximum atomic E-state index is 12.2. The number of nitrogens with zero attached hydrogens (tertiary/aromatic N) is 2. The topological polar surface area (TPSA) is 56.1 Å². The first-order valence-electron chi connectivity index (χ1n) is 6.60. The molecule has 5 nitrogen and oxygen atoms in total. The summed E-state index contributed by atoms with van der Waals surface area (Å²) in [5.41, 5.74) is 0.541. The Bertz CT molecular complexity index is 668. The fourth-order valence-corrected chi connectivity index (χ4v) is 3.19. The van der Waals surface area contributed by atoms with Gasteiger partial charge in [-0.2, -0.15) is 5.10 Å². The van der Waals surface area contributed by atoms with Crippen LogP contribution in [0.4, 0.5) is 5.69 Å². The summed E-state index contributed by atoms with van der Waals surface area (Å²) in [4.78, 5) is 14.7. The summed E-state index contributed by atoms with van der Waals surface area (Å²) in [6.45, 7) is 5.04. The van der Waals surface area contributed by atoms with Crippen LogP contribution in [0.2, 0.25) is 0 Å². The van der Waals surface area contributed by atoms with Crippen molar-refractivity contribution in [1.29, 1.82) is 0 Å². The summed E-state index contributed by atoms with van der Waals surface area (Å²) in [6, 6.07) is 4.31. The van der Waals surface area contributed by atoms with Gasteiger partial charge in [-0.25, -0.2) is 4.68 Å². The van der Waals surface area contributed by atoms with Crippen LogP contribution >= 0.6 is 27.3 Å². The molecule has 0 aliphatic heterocycles. The molecule has 2 aromatic heterocycles. The SMILES string of the molecule is COCCn1ncc(NC(C)c2ccc(C)s2)c(Br)c1=O. The molecule has 114 valence electrons. The molecule has 21 heavy (non-hydrogen) atoms. The molecular formula is C14H18BrN3O2S. The van der Waals surface area contributed by atoms with Crippen LogP contribution in [0.15, 0.2) is 27.6 Å². The largest absolute Gasteiger partial charge is 0.383 e. The third-order valence-corrected chi connectivity index (χ3v) is 5.00. The van der Waals surface area contributed by atoms with Gasteiger partial charge in [-0.1, -0.05) is 0 Å². The molecule has 0 saturated carbocycles. The van der Waals surface area contributed by atoms with Crippen LogP contribution in [0.3, 0.4) is 0 Å². The van der Waals surface area contributed by atoms with Crippen molar-refractivity contribution in [2.75, 3.05) is 19.0 Å². The number of thiophene rings is 1. The first-order valence-corrected chi connectivity index (χ1v) is 8.21. The number of aryl methyl sites for hydroxylation is 1. The number of hydrogen-bond acceptors (Lipinski definition) is 5. The van der Waals surface area contributed by atoms with Gasteiger partial charge in [0.15, 0.2) is 0 Å². The standard InChI is InChI=1S/C14H18BrN3O2S/c1-9-4-5-12(21-9)10(2)17-11-8-16-18(6-7-20-3)14(19)13(11)15/h4-5,8,10,17H,6-7H2,1-3H3. The highest BCUT2D eigenvalue weighted by Gasteiger charge is 2.13. The number of methoxy groups -OCH3 is 1. The van der Waals surface area contributed by atoms with Crippen LogP contribution in [0.25, 0.3) is 0 Å². The molecule has 1 unspecified atom stereocenters. The van der Waals surface area contributed by atoms with Crippen molar-refractivity contribution in [3.63, 3.8) is 0 Å². The van der Waals surface area contributed by atoms with Crippen molar-refractivity contribution >= 4 is 33.0 Å². The van der Waals surface area contributed by atoms with Crippen molar-refractivity contribution in [1.82, 2.24) is 9.78 Å². The Balaban J connectivity index is 2.17. The van der Waals surface area contributed by atoms with Gasteiger partial charge in [-0.05, 0) is 41.9 Å². The van der Waals surface area contributed by atoms with E-state index in [9.17, 15) is 4.79 Å². The van der Waals surface area contributed by atoms with Gasteiger partial charge in [0.2, 0.25) is 0 Å². The van der Waals surface area contributed by atoms with Crippen molar-refractivity contribution in [2.24, 2.45) is 0 Å². The van der Waals surface area contributed by atoms with E-state index in [1.54, 1.807) is 24.6 Å². The molecule has 2 aromatic rings. The van der Waals surface area contributed by atoms with E-state index in [1.807, 2.05) is 0 Å². The van der Waals surface area contributed by atoms with Crippen molar-refractivity contribution in [2.45, 2.75) is 26.4 Å².